The summed E-state index contributed by atoms with van der Waals surface area (Å²) in [7, 11) is 1.56. The smallest absolute Gasteiger partial charge is 0.301 e. The normalized spacial score (nSPS) is 12.2. The van der Waals surface area contributed by atoms with Gasteiger partial charge in [0.1, 0.15) is 11.8 Å². The van der Waals surface area contributed by atoms with Crippen LogP contribution in [-0.4, -0.2) is 22.7 Å². The van der Waals surface area contributed by atoms with Crippen molar-refractivity contribution in [2.24, 2.45) is 5.10 Å². The third-order valence-electron chi connectivity index (χ3n) is 4.93. The van der Waals surface area contributed by atoms with Gasteiger partial charge in [0.25, 0.3) is 5.69 Å². The van der Waals surface area contributed by atoms with Crippen molar-refractivity contribution in [3.63, 3.8) is 0 Å². The zero-order valence-electron chi connectivity index (χ0n) is 17.6. The number of methoxy groups -OCH3 is 1. The molecule has 0 aromatic heterocycles. The highest BCUT2D eigenvalue weighted by Gasteiger charge is 2.21. The maximum absolute atomic E-state index is 11.3. The van der Waals surface area contributed by atoms with Crippen molar-refractivity contribution < 1.29 is 14.6 Å². The number of rotatable bonds is 9. The molecule has 1 N–H and O–H groups in total. The zero-order valence-corrected chi connectivity index (χ0v) is 17.6. The largest absolute Gasteiger partial charge is 0.371 e. The van der Waals surface area contributed by atoms with Gasteiger partial charge in [0.2, 0.25) is 0 Å². The SMILES string of the molecule is CC/C(=N/Nc1ccc([N+](=O)[O-])cc1[N+](=O)[O-])C(OC)c1ccc(-c2ccccc2)cc1. The lowest BCUT2D eigenvalue weighted by atomic mass is 9.99. The van der Waals surface area contributed by atoms with Gasteiger partial charge < -0.3 is 4.74 Å². The van der Waals surface area contributed by atoms with Crippen LogP contribution in [0.2, 0.25) is 0 Å². The molecule has 9 nitrogen and oxygen atoms in total. The van der Waals surface area contributed by atoms with Crippen LogP contribution in [0.5, 0.6) is 0 Å². The van der Waals surface area contributed by atoms with Crippen LogP contribution in [0.25, 0.3) is 11.1 Å². The van der Waals surface area contributed by atoms with Crippen LogP contribution in [-0.2, 0) is 4.74 Å². The number of anilines is 1. The van der Waals surface area contributed by atoms with Gasteiger partial charge in [0, 0.05) is 13.2 Å². The quantitative estimate of drug-likeness (QED) is 0.261. The van der Waals surface area contributed by atoms with E-state index < -0.39 is 21.6 Å². The number of nitrogens with one attached hydrogen (secondary N) is 1. The van der Waals surface area contributed by atoms with Crippen molar-refractivity contribution in [3.8, 4) is 11.1 Å². The average molecular weight is 434 g/mol. The van der Waals surface area contributed by atoms with Gasteiger partial charge in [-0.2, -0.15) is 5.10 Å². The van der Waals surface area contributed by atoms with Crippen molar-refractivity contribution in [1.29, 1.82) is 0 Å². The van der Waals surface area contributed by atoms with Gasteiger partial charge >= 0.3 is 5.69 Å². The van der Waals surface area contributed by atoms with Crippen molar-refractivity contribution in [1.82, 2.24) is 0 Å². The number of nitrogens with zero attached hydrogens (tertiary/aromatic N) is 3. The molecule has 0 saturated carbocycles. The van der Waals surface area contributed by atoms with E-state index in [9.17, 15) is 20.2 Å². The molecule has 0 amide bonds. The first-order valence-electron chi connectivity index (χ1n) is 9.88. The molecule has 3 rings (SSSR count). The summed E-state index contributed by atoms with van der Waals surface area (Å²) in [5.41, 5.74) is 5.61. The van der Waals surface area contributed by atoms with Gasteiger partial charge in [-0.15, -0.1) is 0 Å². The topological polar surface area (TPSA) is 120 Å². The number of non-ortho nitro benzene ring substituents is 1. The molecule has 0 bridgehead atoms. The Hall–Kier alpha value is -4.11. The second-order valence-electron chi connectivity index (χ2n) is 6.89. The summed E-state index contributed by atoms with van der Waals surface area (Å²) in [4.78, 5) is 20.9. The fraction of sp³-hybridized carbons (Fsp3) is 0.174. The average Bonchev–Trinajstić information content (AvgIpc) is 2.82. The van der Waals surface area contributed by atoms with Crippen LogP contribution in [0.15, 0.2) is 77.9 Å². The van der Waals surface area contributed by atoms with E-state index in [0.29, 0.717) is 12.1 Å². The van der Waals surface area contributed by atoms with E-state index in [1.165, 1.54) is 12.1 Å². The van der Waals surface area contributed by atoms with Gasteiger partial charge in [-0.3, -0.25) is 25.7 Å². The molecule has 0 aliphatic heterocycles. The highest BCUT2D eigenvalue weighted by Crippen LogP contribution is 2.30. The van der Waals surface area contributed by atoms with Crippen LogP contribution in [0.3, 0.4) is 0 Å². The van der Waals surface area contributed by atoms with Gasteiger partial charge in [0.05, 0.1) is 21.6 Å². The zero-order chi connectivity index (χ0) is 23.1. The lowest BCUT2D eigenvalue weighted by molar-refractivity contribution is -0.393. The van der Waals surface area contributed by atoms with Crippen LogP contribution in [0, 0.1) is 20.2 Å². The highest BCUT2D eigenvalue weighted by atomic mass is 16.6. The Morgan fingerprint density at radius 2 is 1.62 bits per heavy atom. The van der Waals surface area contributed by atoms with E-state index in [4.69, 9.17) is 4.74 Å². The number of hydrogen-bond donors (Lipinski definition) is 1. The van der Waals surface area contributed by atoms with Crippen LogP contribution >= 0.6 is 0 Å². The number of hydrazone groups is 1. The van der Waals surface area contributed by atoms with Crippen molar-refractivity contribution in [3.05, 3.63) is 98.6 Å². The number of nitro groups is 2. The lowest BCUT2D eigenvalue weighted by Gasteiger charge is -2.18. The van der Waals surface area contributed by atoms with Crippen molar-refractivity contribution in [2.75, 3.05) is 12.5 Å². The first-order valence-corrected chi connectivity index (χ1v) is 9.88. The van der Waals surface area contributed by atoms with Gasteiger partial charge in [-0.25, -0.2) is 0 Å². The fourth-order valence-electron chi connectivity index (χ4n) is 3.28. The summed E-state index contributed by atoms with van der Waals surface area (Å²) >= 11 is 0. The van der Waals surface area contributed by atoms with Crippen molar-refractivity contribution >= 4 is 22.8 Å². The van der Waals surface area contributed by atoms with E-state index in [0.717, 1.165) is 22.8 Å². The molecule has 0 aliphatic rings. The molecular formula is C23H22N4O5. The minimum absolute atomic E-state index is 0.0563. The van der Waals surface area contributed by atoms with E-state index in [1.54, 1.807) is 7.11 Å². The van der Waals surface area contributed by atoms with Crippen molar-refractivity contribution in [2.45, 2.75) is 19.4 Å². The maximum Gasteiger partial charge on any atom is 0.301 e. The lowest BCUT2D eigenvalue weighted by Crippen LogP contribution is -2.16. The first-order chi connectivity index (χ1) is 15.4. The number of ether oxygens (including phenoxy) is 1. The Morgan fingerprint density at radius 1 is 0.969 bits per heavy atom. The highest BCUT2D eigenvalue weighted by molar-refractivity contribution is 5.90. The Morgan fingerprint density at radius 3 is 2.19 bits per heavy atom. The summed E-state index contributed by atoms with van der Waals surface area (Å²) < 4.78 is 5.66. The molecule has 0 radical (unpaired) electrons. The molecule has 3 aromatic carbocycles. The summed E-state index contributed by atoms with van der Waals surface area (Å²) in [5.74, 6) is 0. The van der Waals surface area contributed by atoms with Gasteiger partial charge in [-0.05, 0) is 29.2 Å². The molecule has 0 saturated heterocycles. The predicted molar refractivity (Wildman–Crippen MR) is 123 cm³/mol. The molecule has 164 valence electrons. The first kappa shape index (κ1) is 22.6. The van der Waals surface area contributed by atoms with Gasteiger partial charge in [0.15, 0.2) is 0 Å². The molecule has 3 aromatic rings. The molecule has 0 spiro atoms. The maximum atomic E-state index is 11.3. The third kappa shape index (κ3) is 5.13. The summed E-state index contributed by atoms with van der Waals surface area (Å²) in [6.07, 6.45) is 0.0571. The molecule has 32 heavy (non-hydrogen) atoms. The molecule has 0 heterocycles. The minimum Gasteiger partial charge on any atom is -0.371 e. The number of hydrogen-bond acceptors (Lipinski definition) is 7. The Balaban J connectivity index is 1.86. The molecule has 9 heteroatoms. The minimum atomic E-state index is -0.688. The summed E-state index contributed by atoms with van der Waals surface area (Å²) in [6, 6.07) is 21.2. The van der Waals surface area contributed by atoms with Crippen LogP contribution < -0.4 is 5.43 Å². The van der Waals surface area contributed by atoms with E-state index in [-0.39, 0.29) is 11.4 Å². The Kier molecular flexibility index (Phi) is 7.25. The molecule has 0 fully saturated rings. The Labute approximate surface area is 184 Å². The second-order valence-corrected chi connectivity index (χ2v) is 6.89. The van der Waals surface area contributed by atoms with E-state index in [1.807, 2.05) is 61.5 Å². The number of benzene rings is 3. The second kappa shape index (κ2) is 10.3. The molecule has 1 unspecified atom stereocenters. The number of nitro benzene ring substituents is 2. The standard InChI is InChI=1S/C23H22N4O5/c1-3-20(24-25-21-14-13-19(26(28)29)15-22(21)27(30)31)23(32-2)18-11-9-17(10-12-18)16-7-5-4-6-8-16/h4-15,23,25H,3H2,1-2H3/b24-20-. The molecule has 1 atom stereocenters. The van der Waals surface area contributed by atoms with E-state index >= 15 is 0 Å². The van der Waals surface area contributed by atoms with E-state index in [2.05, 4.69) is 10.5 Å². The molecule has 0 aliphatic carbocycles. The monoisotopic (exact) mass is 434 g/mol. The molecular weight excluding hydrogens is 412 g/mol. The van der Waals surface area contributed by atoms with Gasteiger partial charge in [-0.1, -0.05) is 61.5 Å². The third-order valence-corrected chi connectivity index (χ3v) is 4.93. The van der Waals surface area contributed by atoms with Crippen LogP contribution in [0.4, 0.5) is 17.1 Å². The van der Waals surface area contributed by atoms with Crippen LogP contribution in [0.1, 0.15) is 25.0 Å². The summed E-state index contributed by atoms with van der Waals surface area (Å²) in [5, 5.41) is 26.6. The predicted octanol–water partition coefficient (Wildman–Crippen LogP) is 5.74. The fourth-order valence-corrected chi connectivity index (χ4v) is 3.28. The summed E-state index contributed by atoms with van der Waals surface area (Å²) in [6.45, 7) is 1.90. The Bertz CT molecular complexity index is 1130.